The summed E-state index contributed by atoms with van der Waals surface area (Å²) in [4.78, 5) is 44.9. The SMILES string of the molecule is Cc1nc2sc(C(=O)O[C@H](C)C(=O)N(C)C)c(C)c2c(=O)[nH]1. The Morgan fingerprint density at radius 1 is 1.32 bits per heavy atom. The molecule has 0 aliphatic carbocycles. The van der Waals surface area contributed by atoms with Gasteiger partial charge in [0.25, 0.3) is 11.5 Å². The lowest BCUT2D eigenvalue weighted by Crippen LogP contribution is -2.34. The van der Waals surface area contributed by atoms with Crippen LogP contribution in [0.4, 0.5) is 0 Å². The topological polar surface area (TPSA) is 92.4 Å². The highest BCUT2D eigenvalue weighted by Crippen LogP contribution is 2.27. The van der Waals surface area contributed by atoms with Crippen molar-refractivity contribution in [3.05, 3.63) is 26.6 Å². The summed E-state index contributed by atoms with van der Waals surface area (Å²) in [6.45, 7) is 4.85. The maximum absolute atomic E-state index is 12.2. The van der Waals surface area contributed by atoms with Gasteiger partial charge in [0.05, 0.1) is 5.39 Å². The smallest absolute Gasteiger partial charge is 0.349 e. The van der Waals surface area contributed by atoms with E-state index in [1.807, 2.05) is 0 Å². The lowest BCUT2D eigenvalue weighted by molar-refractivity contribution is -0.137. The summed E-state index contributed by atoms with van der Waals surface area (Å²) in [5, 5.41) is 0.383. The fourth-order valence-electron chi connectivity index (χ4n) is 2.07. The summed E-state index contributed by atoms with van der Waals surface area (Å²) in [7, 11) is 3.17. The van der Waals surface area contributed by atoms with Crippen molar-refractivity contribution in [3.8, 4) is 0 Å². The molecule has 1 N–H and O–H groups in total. The maximum Gasteiger partial charge on any atom is 0.349 e. The fraction of sp³-hybridized carbons (Fsp3) is 0.429. The molecule has 1 amide bonds. The van der Waals surface area contributed by atoms with Crippen LogP contribution in [-0.4, -0.2) is 46.9 Å². The third-order valence-electron chi connectivity index (χ3n) is 3.18. The number of nitrogens with zero attached hydrogens (tertiary/aromatic N) is 2. The van der Waals surface area contributed by atoms with Crippen LogP contribution >= 0.6 is 11.3 Å². The number of H-pyrrole nitrogens is 1. The van der Waals surface area contributed by atoms with Crippen LogP contribution in [0.25, 0.3) is 10.2 Å². The average molecular weight is 323 g/mol. The third kappa shape index (κ3) is 2.87. The number of aromatic amines is 1. The van der Waals surface area contributed by atoms with E-state index in [0.29, 0.717) is 21.6 Å². The molecule has 8 heteroatoms. The van der Waals surface area contributed by atoms with Gasteiger partial charge >= 0.3 is 5.97 Å². The highest BCUT2D eigenvalue weighted by Gasteiger charge is 2.24. The number of amides is 1. The van der Waals surface area contributed by atoms with Crippen LogP contribution < -0.4 is 5.56 Å². The standard InChI is InChI=1S/C14H17N3O4S/c1-6-9-11(18)15-8(3)16-12(9)22-10(6)14(20)21-7(2)13(19)17(4)5/h7H,1-5H3,(H,15,16,18)/t7-/m1/s1. The second-order valence-electron chi connectivity index (χ2n) is 5.17. The van der Waals surface area contributed by atoms with E-state index in [4.69, 9.17) is 4.74 Å². The van der Waals surface area contributed by atoms with Crippen molar-refractivity contribution in [2.24, 2.45) is 0 Å². The number of esters is 1. The average Bonchev–Trinajstić information content (AvgIpc) is 2.74. The number of carbonyl (C=O) groups is 2. The number of aromatic nitrogens is 2. The first-order chi connectivity index (χ1) is 10.2. The van der Waals surface area contributed by atoms with Gasteiger partial charge in [0.2, 0.25) is 0 Å². The molecule has 0 unspecified atom stereocenters. The van der Waals surface area contributed by atoms with Gasteiger partial charge in [-0.25, -0.2) is 9.78 Å². The van der Waals surface area contributed by atoms with Gasteiger partial charge in [0, 0.05) is 14.1 Å². The Labute approximate surface area is 130 Å². The molecule has 0 saturated heterocycles. The Morgan fingerprint density at radius 2 is 1.95 bits per heavy atom. The largest absolute Gasteiger partial charge is 0.448 e. The molecule has 0 aromatic carbocycles. The number of likely N-dealkylation sites (N-methyl/N-ethyl adjacent to an activating group) is 1. The van der Waals surface area contributed by atoms with Gasteiger partial charge in [-0.05, 0) is 26.3 Å². The Bertz CT molecular complexity index is 806. The normalized spacial score (nSPS) is 12.2. The molecule has 7 nitrogen and oxygen atoms in total. The lowest BCUT2D eigenvalue weighted by atomic mass is 10.2. The first-order valence-corrected chi connectivity index (χ1v) is 7.46. The molecule has 0 aliphatic heterocycles. The Balaban J connectivity index is 2.37. The zero-order chi connectivity index (χ0) is 16.6. The molecule has 2 aromatic heterocycles. The number of ether oxygens (including phenoxy) is 1. The summed E-state index contributed by atoms with van der Waals surface area (Å²) in [6, 6.07) is 0. The van der Waals surface area contributed by atoms with Gasteiger partial charge in [-0.2, -0.15) is 0 Å². The van der Waals surface area contributed by atoms with Crippen molar-refractivity contribution in [2.75, 3.05) is 14.1 Å². The molecule has 0 radical (unpaired) electrons. The van der Waals surface area contributed by atoms with Crippen molar-refractivity contribution in [3.63, 3.8) is 0 Å². The minimum Gasteiger partial charge on any atom is -0.448 e. The summed E-state index contributed by atoms with van der Waals surface area (Å²) in [5.41, 5.74) is 0.232. The van der Waals surface area contributed by atoms with Gasteiger partial charge in [0.15, 0.2) is 6.10 Å². The van der Waals surface area contributed by atoms with E-state index in [1.54, 1.807) is 27.9 Å². The highest BCUT2D eigenvalue weighted by atomic mass is 32.1. The predicted octanol–water partition coefficient (Wildman–Crippen LogP) is 1.23. The van der Waals surface area contributed by atoms with Gasteiger partial charge in [-0.3, -0.25) is 9.59 Å². The number of hydrogen-bond donors (Lipinski definition) is 1. The lowest BCUT2D eigenvalue weighted by Gasteiger charge is -2.16. The second kappa shape index (κ2) is 5.88. The highest BCUT2D eigenvalue weighted by molar-refractivity contribution is 7.20. The third-order valence-corrected chi connectivity index (χ3v) is 4.34. The van der Waals surface area contributed by atoms with E-state index in [2.05, 4.69) is 9.97 Å². The molecule has 0 saturated carbocycles. The number of thiophene rings is 1. The molecule has 0 aliphatic rings. The van der Waals surface area contributed by atoms with Crippen molar-refractivity contribution >= 4 is 33.4 Å². The van der Waals surface area contributed by atoms with Crippen LogP contribution in [0.5, 0.6) is 0 Å². The Hall–Kier alpha value is -2.22. The maximum atomic E-state index is 12.2. The summed E-state index contributed by atoms with van der Waals surface area (Å²) >= 11 is 1.09. The Morgan fingerprint density at radius 3 is 2.55 bits per heavy atom. The van der Waals surface area contributed by atoms with E-state index in [-0.39, 0.29) is 16.3 Å². The molecule has 0 fully saturated rings. The number of carbonyl (C=O) groups excluding carboxylic acids is 2. The first kappa shape index (κ1) is 16.2. The number of fused-ring (bicyclic) bond motifs is 1. The van der Waals surface area contributed by atoms with Crippen molar-refractivity contribution < 1.29 is 14.3 Å². The summed E-state index contributed by atoms with van der Waals surface area (Å²) < 4.78 is 5.18. The quantitative estimate of drug-likeness (QED) is 0.858. The van der Waals surface area contributed by atoms with Gasteiger partial charge in [-0.15, -0.1) is 11.3 Å². The van der Waals surface area contributed by atoms with E-state index < -0.39 is 12.1 Å². The monoisotopic (exact) mass is 323 g/mol. The number of rotatable bonds is 3. The van der Waals surface area contributed by atoms with Crippen LogP contribution in [0.3, 0.4) is 0 Å². The van der Waals surface area contributed by atoms with Crippen LogP contribution in [0.15, 0.2) is 4.79 Å². The second-order valence-corrected chi connectivity index (χ2v) is 6.17. The van der Waals surface area contributed by atoms with Crippen molar-refractivity contribution in [2.45, 2.75) is 26.9 Å². The zero-order valence-electron chi connectivity index (χ0n) is 13.0. The minimum absolute atomic E-state index is 0.285. The molecule has 118 valence electrons. The molecule has 2 rings (SSSR count). The molecule has 0 spiro atoms. The molecule has 2 heterocycles. The van der Waals surface area contributed by atoms with Crippen LogP contribution in [-0.2, 0) is 9.53 Å². The molecule has 22 heavy (non-hydrogen) atoms. The summed E-state index contributed by atoms with van der Waals surface area (Å²) in [6.07, 6.45) is -0.889. The van der Waals surface area contributed by atoms with Crippen LogP contribution in [0.2, 0.25) is 0 Å². The number of nitrogens with one attached hydrogen (secondary N) is 1. The van der Waals surface area contributed by atoms with Gasteiger partial charge in [0.1, 0.15) is 15.5 Å². The van der Waals surface area contributed by atoms with Crippen LogP contribution in [0.1, 0.15) is 28.0 Å². The van der Waals surface area contributed by atoms with E-state index in [1.165, 1.54) is 11.8 Å². The Kier molecular flexibility index (Phi) is 4.32. The number of hydrogen-bond acceptors (Lipinski definition) is 6. The number of aryl methyl sites for hydroxylation is 2. The van der Waals surface area contributed by atoms with Crippen molar-refractivity contribution in [1.82, 2.24) is 14.9 Å². The molecular weight excluding hydrogens is 306 g/mol. The van der Waals surface area contributed by atoms with E-state index in [0.717, 1.165) is 11.3 Å². The van der Waals surface area contributed by atoms with E-state index >= 15 is 0 Å². The zero-order valence-corrected chi connectivity index (χ0v) is 13.8. The molecule has 0 bridgehead atoms. The summed E-state index contributed by atoms with van der Waals surface area (Å²) in [5.74, 6) is -0.450. The fourth-order valence-corrected chi connectivity index (χ4v) is 3.18. The van der Waals surface area contributed by atoms with Crippen molar-refractivity contribution in [1.29, 1.82) is 0 Å². The van der Waals surface area contributed by atoms with Gasteiger partial charge in [-0.1, -0.05) is 0 Å². The molecule has 1 atom stereocenters. The first-order valence-electron chi connectivity index (χ1n) is 6.64. The van der Waals surface area contributed by atoms with Gasteiger partial charge < -0.3 is 14.6 Å². The predicted molar refractivity (Wildman–Crippen MR) is 83.3 cm³/mol. The molecule has 2 aromatic rings. The van der Waals surface area contributed by atoms with E-state index in [9.17, 15) is 14.4 Å². The molecular formula is C14H17N3O4S. The van der Waals surface area contributed by atoms with Crippen LogP contribution in [0, 0.1) is 13.8 Å². The minimum atomic E-state index is -0.889.